The van der Waals surface area contributed by atoms with E-state index in [0.29, 0.717) is 6.04 Å². The monoisotopic (exact) mass is 185 g/mol. The Morgan fingerprint density at radius 1 is 1.15 bits per heavy atom. The molecule has 1 nitrogen and oxygen atoms in total. The van der Waals surface area contributed by atoms with Crippen LogP contribution in [-0.4, -0.2) is 6.04 Å². The molecule has 2 atom stereocenters. The lowest BCUT2D eigenvalue weighted by Gasteiger charge is -2.29. The van der Waals surface area contributed by atoms with Crippen LogP contribution in [0.15, 0.2) is 0 Å². The fourth-order valence-corrected chi connectivity index (χ4v) is 2.13. The van der Waals surface area contributed by atoms with Crippen LogP contribution in [0.3, 0.4) is 0 Å². The van der Waals surface area contributed by atoms with Crippen molar-refractivity contribution in [2.24, 2.45) is 17.6 Å². The molecule has 1 heteroatoms. The van der Waals surface area contributed by atoms with E-state index in [9.17, 15) is 0 Å². The Kier molecular flexibility index (Phi) is 7.35. The average molecular weight is 185 g/mol. The molecule has 0 radical (unpaired) electrons. The molecule has 0 aromatic rings. The molecule has 1 aliphatic carbocycles. The summed E-state index contributed by atoms with van der Waals surface area (Å²) in [5.41, 5.74) is 6.03. The van der Waals surface area contributed by atoms with Crippen LogP contribution in [0.2, 0.25) is 0 Å². The molecule has 0 aliphatic heterocycles. The van der Waals surface area contributed by atoms with Gasteiger partial charge < -0.3 is 5.73 Å². The van der Waals surface area contributed by atoms with E-state index in [1.807, 2.05) is 13.8 Å². The second-order valence-corrected chi connectivity index (χ2v) is 4.34. The van der Waals surface area contributed by atoms with E-state index in [0.717, 1.165) is 11.8 Å². The molecule has 0 heterocycles. The van der Waals surface area contributed by atoms with Crippen molar-refractivity contribution in [2.75, 3.05) is 0 Å². The molecule has 13 heavy (non-hydrogen) atoms. The minimum atomic E-state index is 0.506. The van der Waals surface area contributed by atoms with Gasteiger partial charge in [0, 0.05) is 6.04 Å². The van der Waals surface area contributed by atoms with Crippen LogP contribution in [0.4, 0.5) is 0 Å². The van der Waals surface area contributed by atoms with Gasteiger partial charge >= 0.3 is 0 Å². The van der Waals surface area contributed by atoms with Crippen molar-refractivity contribution in [3.05, 3.63) is 0 Å². The highest BCUT2D eigenvalue weighted by Gasteiger charge is 2.21. The van der Waals surface area contributed by atoms with Crippen molar-refractivity contribution in [1.29, 1.82) is 0 Å². The van der Waals surface area contributed by atoms with Crippen LogP contribution in [0.25, 0.3) is 0 Å². The molecular formula is C12H27N. The zero-order valence-corrected chi connectivity index (χ0v) is 9.84. The van der Waals surface area contributed by atoms with E-state index < -0.39 is 0 Å². The Hall–Kier alpha value is -0.0400. The molecule has 0 aromatic carbocycles. The third-order valence-corrected chi connectivity index (χ3v) is 2.74. The first kappa shape index (κ1) is 13.0. The normalized spacial score (nSPS) is 28.2. The first-order valence-electron chi connectivity index (χ1n) is 5.95. The second kappa shape index (κ2) is 7.37. The van der Waals surface area contributed by atoms with Gasteiger partial charge in [-0.1, -0.05) is 40.5 Å². The fourth-order valence-electron chi connectivity index (χ4n) is 2.13. The topological polar surface area (TPSA) is 26.0 Å². The van der Waals surface area contributed by atoms with Gasteiger partial charge in [0.2, 0.25) is 0 Å². The summed E-state index contributed by atoms with van der Waals surface area (Å²) in [6, 6.07) is 0.506. The van der Waals surface area contributed by atoms with Crippen molar-refractivity contribution in [3.63, 3.8) is 0 Å². The van der Waals surface area contributed by atoms with Gasteiger partial charge in [0.25, 0.3) is 0 Å². The molecule has 1 aliphatic rings. The van der Waals surface area contributed by atoms with Crippen molar-refractivity contribution < 1.29 is 0 Å². The van der Waals surface area contributed by atoms with Gasteiger partial charge in [-0.15, -0.1) is 0 Å². The van der Waals surface area contributed by atoms with Crippen LogP contribution < -0.4 is 5.73 Å². The molecule has 80 valence electrons. The molecule has 2 N–H and O–H groups in total. The van der Waals surface area contributed by atoms with Gasteiger partial charge in [-0.3, -0.25) is 0 Å². The Morgan fingerprint density at radius 2 is 1.69 bits per heavy atom. The molecule has 0 spiro atoms. The van der Waals surface area contributed by atoms with E-state index in [1.54, 1.807) is 0 Å². The summed E-state index contributed by atoms with van der Waals surface area (Å²) in [6.07, 6.45) is 6.73. The Balaban J connectivity index is 0.000000671. The Labute approximate surface area is 84.1 Å². The van der Waals surface area contributed by atoms with Gasteiger partial charge in [-0.05, 0) is 31.1 Å². The lowest BCUT2D eigenvalue weighted by molar-refractivity contribution is 0.265. The van der Waals surface area contributed by atoms with E-state index in [4.69, 9.17) is 5.73 Å². The SMILES string of the molecule is CC.CC(C)C[C@H]1CCCC[C@@H]1N. The summed E-state index contributed by atoms with van der Waals surface area (Å²) < 4.78 is 0. The van der Waals surface area contributed by atoms with Crippen LogP contribution in [0.1, 0.15) is 59.8 Å². The number of hydrogen-bond donors (Lipinski definition) is 1. The molecular weight excluding hydrogens is 158 g/mol. The quantitative estimate of drug-likeness (QED) is 0.699. The Morgan fingerprint density at radius 3 is 2.15 bits per heavy atom. The number of rotatable bonds is 2. The van der Waals surface area contributed by atoms with E-state index in [-0.39, 0.29) is 0 Å². The van der Waals surface area contributed by atoms with Crippen LogP contribution >= 0.6 is 0 Å². The predicted molar refractivity (Wildman–Crippen MR) is 60.7 cm³/mol. The maximum absolute atomic E-state index is 6.03. The zero-order valence-electron chi connectivity index (χ0n) is 9.84. The highest BCUT2D eigenvalue weighted by atomic mass is 14.7. The van der Waals surface area contributed by atoms with Crippen molar-refractivity contribution in [2.45, 2.75) is 65.8 Å². The minimum absolute atomic E-state index is 0.506. The maximum atomic E-state index is 6.03. The summed E-state index contributed by atoms with van der Waals surface area (Å²) in [4.78, 5) is 0. The minimum Gasteiger partial charge on any atom is -0.327 e. The molecule has 0 bridgehead atoms. The fraction of sp³-hybridized carbons (Fsp3) is 1.00. The second-order valence-electron chi connectivity index (χ2n) is 4.34. The molecule has 0 unspecified atom stereocenters. The molecule has 1 rings (SSSR count). The maximum Gasteiger partial charge on any atom is 0.00672 e. The Bertz CT molecular complexity index is 110. The third kappa shape index (κ3) is 5.30. The smallest absolute Gasteiger partial charge is 0.00672 e. The lowest BCUT2D eigenvalue weighted by Crippen LogP contribution is -2.33. The molecule has 1 fully saturated rings. The summed E-state index contributed by atoms with van der Waals surface area (Å²) in [5, 5.41) is 0. The van der Waals surface area contributed by atoms with E-state index >= 15 is 0 Å². The number of nitrogens with two attached hydrogens (primary N) is 1. The highest BCUT2D eigenvalue weighted by molar-refractivity contribution is 4.78. The summed E-state index contributed by atoms with van der Waals surface area (Å²) >= 11 is 0. The summed E-state index contributed by atoms with van der Waals surface area (Å²) in [5.74, 6) is 1.65. The predicted octanol–water partition coefficient (Wildman–Crippen LogP) is 3.58. The van der Waals surface area contributed by atoms with Crippen molar-refractivity contribution in [3.8, 4) is 0 Å². The molecule has 0 aromatic heterocycles. The first-order chi connectivity index (χ1) is 6.20. The zero-order chi connectivity index (χ0) is 10.3. The van der Waals surface area contributed by atoms with E-state index in [1.165, 1.54) is 32.1 Å². The van der Waals surface area contributed by atoms with Gasteiger partial charge in [-0.25, -0.2) is 0 Å². The molecule has 0 amide bonds. The van der Waals surface area contributed by atoms with Gasteiger partial charge in [0.05, 0.1) is 0 Å². The summed E-state index contributed by atoms with van der Waals surface area (Å²) in [6.45, 7) is 8.59. The first-order valence-corrected chi connectivity index (χ1v) is 5.95. The van der Waals surface area contributed by atoms with E-state index in [2.05, 4.69) is 13.8 Å². The highest BCUT2D eigenvalue weighted by Crippen LogP contribution is 2.27. The standard InChI is InChI=1S/C10H21N.C2H6/c1-8(2)7-9-5-3-4-6-10(9)11;1-2/h8-10H,3-7,11H2,1-2H3;1-2H3/t9-,10+;/m1./s1. The van der Waals surface area contributed by atoms with Crippen molar-refractivity contribution >= 4 is 0 Å². The third-order valence-electron chi connectivity index (χ3n) is 2.74. The van der Waals surface area contributed by atoms with Crippen LogP contribution in [0, 0.1) is 11.8 Å². The van der Waals surface area contributed by atoms with Crippen molar-refractivity contribution in [1.82, 2.24) is 0 Å². The average Bonchev–Trinajstić information content (AvgIpc) is 2.12. The van der Waals surface area contributed by atoms with Gasteiger partial charge in [0.1, 0.15) is 0 Å². The molecule has 1 saturated carbocycles. The van der Waals surface area contributed by atoms with Gasteiger partial charge in [-0.2, -0.15) is 0 Å². The molecule has 0 saturated heterocycles. The largest absolute Gasteiger partial charge is 0.327 e. The van der Waals surface area contributed by atoms with Crippen LogP contribution in [0.5, 0.6) is 0 Å². The van der Waals surface area contributed by atoms with Gasteiger partial charge in [0.15, 0.2) is 0 Å². The van der Waals surface area contributed by atoms with Crippen LogP contribution in [-0.2, 0) is 0 Å². The lowest BCUT2D eigenvalue weighted by atomic mass is 9.80. The number of hydrogen-bond acceptors (Lipinski definition) is 1. The summed E-state index contributed by atoms with van der Waals surface area (Å²) in [7, 11) is 0.